The van der Waals surface area contributed by atoms with Gasteiger partial charge in [0.25, 0.3) is 0 Å². The predicted molar refractivity (Wildman–Crippen MR) is 72.1 cm³/mol. The molecule has 2 aliphatic rings. The van der Waals surface area contributed by atoms with Crippen molar-refractivity contribution in [3.05, 3.63) is 0 Å². The molecule has 0 aromatic rings. The van der Waals surface area contributed by atoms with Crippen LogP contribution in [0.2, 0.25) is 0 Å². The van der Waals surface area contributed by atoms with Crippen molar-refractivity contribution in [1.29, 1.82) is 0 Å². The average molecular weight is 318 g/mol. The first-order chi connectivity index (χ1) is 10.0. The van der Waals surface area contributed by atoms with Crippen molar-refractivity contribution in [2.75, 3.05) is 6.61 Å². The molecule has 9 nitrogen and oxygen atoms in total. The summed E-state index contributed by atoms with van der Waals surface area (Å²) in [6.07, 6.45) is -3.05. The molecule has 0 aromatic carbocycles. The van der Waals surface area contributed by atoms with Gasteiger partial charge in [-0.05, 0) is 27.7 Å². The van der Waals surface area contributed by atoms with Crippen LogP contribution in [0.15, 0.2) is 0 Å². The summed E-state index contributed by atoms with van der Waals surface area (Å²) in [6, 6.07) is 0. The van der Waals surface area contributed by atoms with Crippen LogP contribution >= 0.6 is 0 Å². The quantitative estimate of drug-likeness (QED) is 0.544. The van der Waals surface area contributed by atoms with Crippen LogP contribution in [-0.4, -0.2) is 59.6 Å². The zero-order valence-electron chi connectivity index (χ0n) is 13.0. The van der Waals surface area contributed by atoms with Gasteiger partial charge in [0.1, 0.15) is 18.3 Å². The summed E-state index contributed by atoms with van der Waals surface area (Å²) in [5, 5.41) is 11.8. The molecule has 9 heteroatoms. The first-order valence-electron chi connectivity index (χ1n) is 6.97. The number of carbonyl (C=O) groups is 2. The predicted octanol–water partition coefficient (Wildman–Crippen LogP) is -1.42. The fourth-order valence-corrected chi connectivity index (χ4v) is 2.62. The lowest BCUT2D eigenvalue weighted by Gasteiger charge is -2.25. The van der Waals surface area contributed by atoms with Gasteiger partial charge in [-0.15, -0.1) is 0 Å². The number of hydrogen-bond acceptors (Lipinski definition) is 7. The number of aliphatic hydroxyl groups excluding tert-OH is 1. The Kier molecular flexibility index (Phi) is 4.46. The van der Waals surface area contributed by atoms with Crippen molar-refractivity contribution >= 4 is 11.8 Å². The molecular weight excluding hydrogens is 296 g/mol. The molecule has 2 heterocycles. The summed E-state index contributed by atoms with van der Waals surface area (Å²) in [6.45, 7) is 6.43. The molecule has 0 spiro atoms. The van der Waals surface area contributed by atoms with Crippen LogP contribution in [0.4, 0.5) is 0 Å². The van der Waals surface area contributed by atoms with Gasteiger partial charge in [0.15, 0.2) is 17.8 Å². The normalized spacial score (nSPS) is 36.2. The summed E-state index contributed by atoms with van der Waals surface area (Å²) in [5.74, 6) is -4.03. The molecule has 2 rings (SSSR count). The molecule has 22 heavy (non-hydrogen) atoms. The van der Waals surface area contributed by atoms with Gasteiger partial charge < -0.3 is 35.1 Å². The maximum atomic E-state index is 11.5. The lowest BCUT2D eigenvalue weighted by molar-refractivity contribution is -0.175. The van der Waals surface area contributed by atoms with Gasteiger partial charge in [-0.2, -0.15) is 0 Å². The number of hydrogen-bond donors (Lipinski definition) is 3. The van der Waals surface area contributed by atoms with Crippen LogP contribution in [0.3, 0.4) is 0 Å². The van der Waals surface area contributed by atoms with Crippen molar-refractivity contribution in [3.8, 4) is 0 Å². The number of rotatable bonds is 3. The van der Waals surface area contributed by atoms with Gasteiger partial charge in [-0.3, -0.25) is 9.59 Å². The van der Waals surface area contributed by atoms with Gasteiger partial charge in [-0.1, -0.05) is 0 Å². The first kappa shape index (κ1) is 17.1. The van der Waals surface area contributed by atoms with Crippen LogP contribution in [0.25, 0.3) is 0 Å². The molecule has 2 fully saturated rings. The van der Waals surface area contributed by atoms with Gasteiger partial charge >= 0.3 is 11.8 Å². The van der Waals surface area contributed by atoms with E-state index in [4.69, 9.17) is 24.7 Å². The molecule has 0 saturated carbocycles. The molecule has 0 unspecified atom stereocenters. The minimum atomic E-state index is -1.13. The van der Waals surface area contributed by atoms with Gasteiger partial charge in [0.05, 0.1) is 6.61 Å². The fourth-order valence-electron chi connectivity index (χ4n) is 2.62. The SMILES string of the molecule is CC1(C)O[C@@H]([C@@H]2OC(C)(C)O[C@@H]2CO)[C@H](NC(=O)C(N)=O)O1. The smallest absolute Gasteiger partial charge is 0.311 e. The van der Waals surface area contributed by atoms with Crippen LogP contribution < -0.4 is 11.1 Å². The van der Waals surface area contributed by atoms with Crippen molar-refractivity contribution < 1.29 is 33.6 Å². The van der Waals surface area contributed by atoms with E-state index in [2.05, 4.69) is 5.32 Å². The van der Waals surface area contributed by atoms with Gasteiger partial charge in [0, 0.05) is 0 Å². The number of ether oxygens (including phenoxy) is 4. The lowest BCUT2D eigenvalue weighted by atomic mass is 10.1. The molecule has 4 atom stereocenters. The largest absolute Gasteiger partial charge is 0.394 e. The molecule has 0 bridgehead atoms. The lowest BCUT2D eigenvalue weighted by Crippen LogP contribution is -2.52. The molecule has 2 aliphatic heterocycles. The monoisotopic (exact) mass is 318 g/mol. The number of amides is 2. The Bertz CT molecular complexity index is 465. The number of nitrogens with one attached hydrogen (secondary N) is 1. The zero-order chi connectivity index (χ0) is 16.7. The molecule has 0 aromatic heterocycles. The van der Waals surface area contributed by atoms with Crippen LogP contribution in [0.1, 0.15) is 27.7 Å². The molecule has 126 valence electrons. The Morgan fingerprint density at radius 1 is 1.05 bits per heavy atom. The van der Waals surface area contributed by atoms with E-state index in [0.29, 0.717) is 0 Å². The first-order valence-corrected chi connectivity index (χ1v) is 6.97. The van der Waals surface area contributed by atoms with Gasteiger partial charge in [-0.25, -0.2) is 0 Å². The highest BCUT2D eigenvalue weighted by Gasteiger charge is 2.54. The molecule has 0 radical (unpaired) electrons. The topological polar surface area (TPSA) is 129 Å². The Balaban J connectivity index is 2.18. The van der Waals surface area contributed by atoms with Crippen molar-refractivity contribution in [1.82, 2.24) is 5.32 Å². The Labute approximate surface area is 128 Å². The second-order valence-electron chi connectivity index (χ2n) is 6.18. The number of carbonyl (C=O) groups excluding carboxylic acids is 2. The molecule has 0 aliphatic carbocycles. The van der Waals surface area contributed by atoms with Crippen LogP contribution in [-0.2, 0) is 28.5 Å². The Morgan fingerprint density at radius 3 is 2.14 bits per heavy atom. The van der Waals surface area contributed by atoms with Crippen molar-refractivity contribution in [2.24, 2.45) is 5.73 Å². The summed E-state index contributed by atoms with van der Waals surface area (Å²) in [4.78, 5) is 22.4. The van der Waals surface area contributed by atoms with Gasteiger partial charge in [0.2, 0.25) is 0 Å². The molecule has 2 amide bonds. The number of primary amides is 1. The summed E-state index contributed by atoms with van der Waals surface area (Å²) in [7, 11) is 0. The van der Waals surface area contributed by atoms with E-state index in [1.807, 2.05) is 0 Å². The Morgan fingerprint density at radius 2 is 1.59 bits per heavy atom. The van der Waals surface area contributed by atoms with Crippen LogP contribution in [0, 0.1) is 0 Å². The summed E-state index contributed by atoms with van der Waals surface area (Å²) >= 11 is 0. The zero-order valence-corrected chi connectivity index (χ0v) is 13.0. The van der Waals surface area contributed by atoms with E-state index in [1.165, 1.54) is 0 Å². The maximum absolute atomic E-state index is 11.5. The Hall–Kier alpha value is -1.26. The number of aliphatic hydroxyl groups is 1. The fraction of sp³-hybridized carbons (Fsp3) is 0.846. The highest BCUT2D eigenvalue weighted by Crippen LogP contribution is 2.37. The minimum Gasteiger partial charge on any atom is -0.394 e. The highest BCUT2D eigenvalue weighted by atomic mass is 16.8. The van der Waals surface area contributed by atoms with E-state index >= 15 is 0 Å². The second-order valence-corrected chi connectivity index (χ2v) is 6.18. The summed E-state index contributed by atoms with van der Waals surface area (Å²) in [5.41, 5.74) is 4.93. The number of nitrogens with two attached hydrogens (primary N) is 1. The molecule has 4 N–H and O–H groups in total. The standard InChI is InChI=1S/C13H22N2O7/c1-12(2)19-6(5-16)7(20-12)8-11(15-10(18)9(14)17)22-13(3,4)21-8/h6-8,11,16H,5H2,1-4H3,(H2,14,17)(H,15,18)/t6-,7-,8+,11-/m1/s1. The summed E-state index contributed by atoms with van der Waals surface area (Å²) < 4.78 is 22.6. The third kappa shape index (κ3) is 3.55. The second kappa shape index (κ2) is 5.74. The molecule has 2 saturated heterocycles. The van der Waals surface area contributed by atoms with E-state index < -0.39 is 47.9 Å². The van der Waals surface area contributed by atoms with Crippen molar-refractivity contribution in [2.45, 2.75) is 63.8 Å². The third-order valence-corrected chi connectivity index (χ3v) is 3.35. The van der Waals surface area contributed by atoms with E-state index in [9.17, 15) is 14.7 Å². The maximum Gasteiger partial charge on any atom is 0.311 e. The molecular formula is C13H22N2O7. The van der Waals surface area contributed by atoms with Crippen molar-refractivity contribution in [3.63, 3.8) is 0 Å². The third-order valence-electron chi connectivity index (χ3n) is 3.35. The van der Waals surface area contributed by atoms with E-state index in [0.717, 1.165) is 0 Å². The van der Waals surface area contributed by atoms with Crippen LogP contribution in [0.5, 0.6) is 0 Å². The van der Waals surface area contributed by atoms with E-state index in [-0.39, 0.29) is 6.61 Å². The highest BCUT2D eigenvalue weighted by molar-refractivity contribution is 6.34. The average Bonchev–Trinajstić information content (AvgIpc) is 2.85. The minimum absolute atomic E-state index is 0.287. The van der Waals surface area contributed by atoms with E-state index in [1.54, 1.807) is 27.7 Å².